The van der Waals surface area contributed by atoms with Crippen LogP contribution >= 0.6 is 34.5 Å². The number of non-ortho nitro benzene ring substituents is 1. The van der Waals surface area contributed by atoms with Crippen molar-refractivity contribution in [1.29, 1.82) is 0 Å². The summed E-state index contributed by atoms with van der Waals surface area (Å²) in [7, 11) is -3.98. The number of nitrogens with one attached hydrogen (secondary N) is 1. The van der Waals surface area contributed by atoms with Crippen LogP contribution in [0.1, 0.15) is 5.69 Å². The Morgan fingerprint density at radius 1 is 1.17 bits per heavy atom. The van der Waals surface area contributed by atoms with Crippen LogP contribution in [-0.2, 0) is 14.6 Å². The van der Waals surface area contributed by atoms with E-state index >= 15 is 0 Å². The monoisotopic (exact) mass is 552 g/mol. The van der Waals surface area contributed by atoms with Gasteiger partial charge in [0.05, 0.1) is 26.1 Å². The van der Waals surface area contributed by atoms with Crippen molar-refractivity contribution in [3.8, 4) is 5.75 Å². The van der Waals surface area contributed by atoms with Crippen LogP contribution in [0.4, 0.5) is 10.8 Å². The Morgan fingerprint density at radius 3 is 2.57 bits per heavy atom. The fourth-order valence-electron chi connectivity index (χ4n) is 3.03. The van der Waals surface area contributed by atoms with Gasteiger partial charge in [0.2, 0.25) is 9.84 Å². The maximum absolute atomic E-state index is 12.8. The number of sulfone groups is 1. The fraction of sp³-hybridized carbons (Fsp3) is 0.0952. The highest BCUT2D eigenvalue weighted by molar-refractivity contribution is 7.93. The molecule has 35 heavy (non-hydrogen) atoms. The third-order valence-corrected chi connectivity index (χ3v) is 8.42. The van der Waals surface area contributed by atoms with Gasteiger partial charge in [-0.1, -0.05) is 34.5 Å². The first-order valence-electron chi connectivity index (χ1n) is 9.69. The van der Waals surface area contributed by atoms with Gasteiger partial charge in [-0.3, -0.25) is 20.2 Å². The van der Waals surface area contributed by atoms with Crippen molar-refractivity contribution in [2.75, 3.05) is 11.9 Å². The Balaban J connectivity index is 1.47. The minimum Gasteiger partial charge on any atom is -0.480 e. The van der Waals surface area contributed by atoms with Crippen LogP contribution in [0.3, 0.4) is 0 Å². The first-order chi connectivity index (χ1) is 16.6. The topological polar surface area (TPSA) is 141 Å². The second kappa shape index (κ2) is 9.74. The highest BCUT2D eigenvalue weighted by atomic mass is 35.5. The molecule has 0 saturated heterocycles. The number of pyridine rings is 1. The standard InChI is InChI=1S/C21H14Cl2N4O6S2/c1-11-2-7-14-15(22)8-16(23)20(19(14)25-11)33-10-17(28)26-21-24-9-18(34-21)35(31,32)13-5-3-12(4-6-13)27(29)30/h2-9H,10H2,1H3,(H,24,26,28). The fourth-order valence-corrected chi connectivity index (χ4v) is 6.04. The lowest BCUT2D eigenvalue weighted by atomic mass is 10.2. The molecule has 0 aliphatic rings. The molecule has 1 amide bonds. The van der Waals surface area contributed by atoms with Gasteiger partial charge in [-0.25, -0.2) is 18.4 Å². The van der Waals surface area contributed by atoms with Crippen LogP contribution < -0.4 is 10.1 Å². The molecular formula is C21H14Cl2N4O6S2. The molecule has 2 aromatic heterocycles. The number of aromatic nitrogens is 2. The van der Waals surface area contributed by atoms with Crippen LogP contribution in [0.25, 0.3) is 10.9 Å². The largest absolute Gasteiger partial charge is 0.480 e. The summed E-state index contributed by atoms with van der Waals surface area (Å²) >= 11 is 13.2. The van der Waals surface area contributed by atoms with Gasteiger partial charge < -0.3 is 4.74 Å². The van der Waals surface area contributed by atoms with Gasteiger partial charge in [-0.2, -0.15) is 0 Å². The summed E-state index contributed by atoms with van der Waals surface area (Å²) in [6.07, 6.45) is 1.09. The number of nitrogens with zero attached hydrogens (tertiary/aromatic N) is 3. The normalized spacial score (nSPS) is 11.4. The summed E-state index contributed by atoms with van der Waals surface area (Å²) in [4.78, 5) is 30.8. The Hall–Kier alpha value is -3.32. The summed E-state index contributed by atoms with van der Waals surface area (Å²) < 4.78 is 31.0. The number of hydrogen-bond acceptors (Lipinski definition) is 9. The molecule has 1 N–H and O–H groups in total. The molecule has 0 radical (unpaired) electrons. The molecule has 0 unspecified atom stereocenters. The molecule has 10 nitrogen and oxygen atoms in total. The molecular weight excluding hydrogens is 539 g/mol. The van der Waals surface area contributed by atoms with E-state index in [2.05, 4.69) is 15.3 Å². The van der Waals surface area contributed by atoms with Gasteiger partial charge in [-0.15, -0.1) is 0 Å². The lowest BCUT2D eigenvalue weighted by molar-refractivity contribution is -0.384. The van der Waals surface area contributed by atoms with E-state index in [1.165, 1.54) is 6.07 Å². The molecule has 4 rings (SSSR count). The minimum atomic E-state index is -3.98. The lowest BCUT2D eigenvalue weighted by Crippen LogP contribution is -2.20. The number of rotatable bonds is 7. The average Bonchev–Trinajstić information content (AvgIpc) is 3.28. The van der Waals surface area contributed by atoms with E-state index < -0.39 is 27.3 Å². The maximum atomic E-state index is 12.8. The van der Waals surface area contributed by atoms with Gasteiger partial charge in [0.25, 0.3) is 11.6 Å². The number of benzene rings is 2. The molecule has 0 aliphatic heterocycles. The van der Waals surface area contributed by atoms with Gasteiger partial charge in [0, 0.05) is 23.2 Å². The second-order valence-corrected chi connectivity index (χ2v) is 11.1. The second-order valence-electron chi connectivity index (χ2n) is 7.09. The number of aryl methyl sites for hydroxylation is 1. The van der Waals surface area contributed by atoms with E-state index in [1.807, 2.05) is 0 Å². The van der Waals surface area contributed by atoms with E-state index in [4.69, 9.17) is 27.9 Å². The molecule has 0 aliphatic carbocycles. The molecule has 0 fully saturated rings. The van der Waals surface area contributed by atoms with Crippen LogP contribution in [0.5, 0.6) is 5.75 Å². The first kappa shape index (κ1) is 24.8. The van der Waals surface area contributed by atoms with Crippen LogP contribution in [0, 0.1) is 17.0 Å². The summed E-state index contributed by atoms with van der Waals surface area (Å²) in [5, 5.41) is 14.5. The number of nitro groups is 1. The van der Waals surface area contributed by atoms with Crippen LogP contribution in [-0.4, -0.2) is 35.8 Å². The summed E-state index contributed by atoms with van der Waals surface area (Å²) in [6, 6.07) is 9.50. The van der Waals surface area contributed by atoms with E-state index in [9.17, 15) is 23.3 Å². The van der Waals surface area contributed by atoms with Crippen molar-refractivity contribution in [2.24, 2.45) is 0 Å². The Labute approximate surface area is 212 Å². The molecule has 0 atom stereocenters. The van der Waals surface area contributed by atoms with E-state index in [1.54, 1.807) is 19.1 Å². The highest BCUT2D eigenvalue weighted by Crippen LogP contribution is 2.37. The Bertz CT molecular complexity index is 1570. The maximum Gasteiger partial charge on any atom is 0.269 e. The molecule has 180 valence electrons. The first-order valence-corrected chi connectivity index (χ1v) is 12.7. The third-order valence-electron chi connectivity index (χ3n) is 4.68. The van der Waals surface area contributed by atoms with Crippen molar-refractivity contribution in [3.05, 3.63) is 74.5 Å². The van der Waals surface area contributed by atoms with Crippen molar-refractivity contribution < 1.29 is 22.9 Å². The highest BCUT2D eigenvalue weighted by Gasteiger charge is 2.23. The Morgan fingerprint density at radius 2 is 1.89 bits per heavy atom. The number of thiazole rings is 1. The van der Waals surface area contributed by atoms with Gasteiger partial charge >= 0.3 is 0 Å². The number of anilines is 1. The summed E-state index contributed by atoms with van der Waals surface area (Å²) in [5.74, 6) is -0.420. The lowest BCUT2D eigenvalue weighted by Gasteiger charge is -2.12. The molecule has 0 bridgehead atoms. The summed E-state index contributed by atoms with van der Waals surface area (Å²) in [5.41, 5.74) is 0.871. The number of nitro benzene ring substituents is 1. The van der Waals surface area contributed by atoms with Crippen molar-refractivity contribution in [3.63, 3.8) is 0 Å². The number of halogens is 2. The molecule has 0 saturated carbocycles. The van der Waals surface area contributed by atoms with Crippen molar-refractivity contribution >= 4 is 72.0 Å². The zero-order chi connectivity index (χ0) is 25.3. The zero-order valence-electron chi connectivity index (χ0n) is 17.7. The molecule has 0 spiro atoms. The van der Waals surface area contributed by atoms with Crippen LogP contribution in [0.15, 0.2) is 57.8 Å². The Kier molecular flexibility index (Phi) is 6.90. The van der Waals surface area contributed by atoms with Gasteiger partial charge in [0.15, 0.2) is 17.5 Å². The summed E-state index contributed by atoms with van der Waals surface area (Å²) in [6.45, 7) is 1.34. The molecule has 2 heterocycles. The quantitative estimate of drug-likeness (QED) is 0.247. The molecule has 4 aromatic rings. The van der Waals surface area contributed by atoms with Gasteiger partial charge in [0.1, 0.15) is 9.73 Å². The molecule has 14 heteroatoms. The number of carbonyl (C=O) groups excluding carboxylic acids is 1. The van der Waals surface area contributed by atoms with Crippen molar-refractivity contribution in [2.45, 2.75) is 16.0 Å². The zero-order valence-corrected chi connectivity index (χ0v) is 20.8. The minimum absolute atomic E-state index is 0.0279. The number of hydrogen-bond donors (Lipinski definition) is 1. The molecule has 2 aromatic carbocycles. The average molecular weight is 553 g/mol. The van der Waals surface area contributed by atoms with E-state index in [-0.39, 0.29) is 30.7 Å². The SMILES string of the molecule is Cc1ccc2c(Cl)cc(Cl)c(OCC(=O)Nc3ncc(S(=O)(=O)c4ccc([N+](=O)[O-])cc4)s3)c2n1. The number of carbonyl (C=O) groups is 1. The predicted molar refractivity (Wildman–Crippen MR) is 131 cm³/mol. The smallest absolute Gasteiger partial charge is 0.269 e. The van der Waals surface area contributed by atoms with Gasteiger partial charge in [-0.05, 0) is 37.3 Å². The number of amides is 1. The number of ether oxygens (including phenoxy) is 1. The van der Waals surface area contributed by atoms with Crippen molar-refractivity contribution in [1.82, 2.24) is 9.97 Å². The third kappa shape index (κ3) is 5.20. The number of fused-ring (bicyclic) bond motifs is 1. The predicted octanol–water partition coefficient (Wildman–Crippen LogP) is 5.07. The van der Waals surface area contributed by atoms with Crippen LogP contribution in [0.2, 0.25) is 10.0 Å². The van der Waals surface area contributed by atoms with E-state index in [0.717, 1.165) is 41.8 Å². The van der Waals surface area contributed by atoms with E-state index in [0.29, 0.717) is 21.6 Å².